The minimum Gasteiger partial charge on any atom is -0.464 e. The highest BCUT2D eigenvalue weighted by Gasteiger charge is 2.39. The molecule has 0 amide bonds. The summed E-state index contributed by atoms with van der Waals surface area (Å²) in [6.45, 7) is 1.95. The Bertz CT molecular complexity index is 816. The third-order valence-electron chi connectivity index (χ3n) is 4.13. The molecule has 126 valence electrons. The van der Waals surface area contributed by atoms with Crippen LogP contribution in [-0.2, 0) is 26.0 Å². The lowest BCUT2D eigenvalue weighted by Crippen LogP contribution is -2.41. The number of hydrogen-bond donors (Lipinski definition) is 1. The molecule has 5 nitrogen and oxygen atoms in total. The lowest BCUT2D eigenvalue weighted by Gasteiger charge is -2.17. The summed E-state index contributed by atoms with van der Waals surface area (Å²) in [5.41, 5.74) is 1.95. The number of aryl methyl sites for hydroxylation is 1. The van der Waals surface area contributed by atoms with Gasteiger partial charge in [-0.3, -0.25) is 4.79 Å². The second-order valence-corrected chi connectivity index (χ2v) is 7.68. The lowest BCUT2D eigenvalue weighted by atomic mass is 9.95. The number of hydrogen-bond acceptors (Lipinski definition) is 4. The van der Waals surface area contributed by atoms with Crippen LogP contribution in [0, 0.1) is 12.8 Å². The van der Waals surface area contributed by atoms with E-state index in [0.29, 0.717) is 6.42 Å². The van der Waals surface area contributed by atoms with Crippen LogP contribution in [0.5, 0.6) is 0 Å². The zero-order chi connectivity index (χ0) is 17.2. The number of nitrogens with one attached hydrogen (secondary N) is 1. The molecule has 1 saturated heterocycles. The molecule has 0 aromatic heterocycles. The largest absolute Gasteiger partial charge is 0.464 e. The summed E-state index contributed by atoms with van der Waals surface area (Å²) in [6.07, 6.45) is 0.445. The summed E-state index contributed by atoms with van der Waals surface area (Å²) < 4.78 is 32.8. The Balaban J connectivity index is 1.77. The Kier molecular flexibility index (Phi) is 4.69. The van der Waals surface area contributed by atoms with Crippen LogP contribution in [0.25, 0.3) is 0 Å². The maximum Gasteiger partial charge on any atom is 0.311 e. The summed E-state index contributed by atoms with van der Waals surface area (Å²) in [7, 11) is -3.69. The van der Waals surface area contributed by atoms with Crippen molar-refractivity contribution in [2.24, 2.45) is 5.92 Å². The van der Waals surface area contributed by atoms with Crippen LogP contribution in [0.4, 0.5) is 0 Å². The van der Waals surface area contributed by atoms with Crippen molar-refractivity contribution in [2.45, 2.75) is 24.3 Å². The third-order valence-corrected chi connectivity index (χ3v) is 5.64. The highest BCUT2D eigenvalue weighted by atomic mass is 32.2. The van der Waals surface area contributed by atoms with Gasteiger partial charge in [-0.25, -0.2) is 13.1 Å². The molecule has 6 heteroatoms. The van der Waals surface area contributed by atoms with Crippen LogP contribution in [-0.4, -0.2) is 27.0 Å². The quantitative estimate of drug-likeness (QED) is 0.842. The molecular formula is C18H19NO4S. The van der Waals surface area contributed by atoms with Crippen molar-refractivity contribution in [3.05, 3.63) is 65.7 Å². The van der Waals surface area contributed by atoms with Crippen molar-refractivity contribution < 1.29 is 17.9 Å². The lowest BCUT2D eigenvalue weighted by molar-refractivity contribution is -0.141. The SMILES string of the molecule is Cc1ccc(S(=O)(=O)N[C@@H]2COC(=O)[C@H]2Cc2ccccc2)cc1. The molecule has 0 spiro atoms. The minimum absolute atomic E-state index is 0.0570. The van der Waals surface area contributed by atoms with Crippen molar-refractivity contribution in [3.63, 3.8) is 0 Å². The first-order valence-electron chi connectivity index (χ1n) is 7.75. The summed E-state index contributed by atoms with van der Waals surface area (Å²) in [4.78, 5) is 12.2. The summed E-state index contributed by atoms with van der Waals surface area (Å²) in [6, 6.07) is 15.5. The van der Waals surface area contributed by atoms with Crippen LogP contribution in [0.3, 0.4) is 0 Å². The average Bonchev–Trinajstić information content (AvgIpc) is 2.89. The maximum absolute atomic E-state index is 12.5. The number of sulfonamides is 1. The molecule has 1 heterocycles. The summed E-state index contributed by atoms with van der Waals surface area (Å²) >= 11 is 0. The zero-order valence-electron chi connectivity index (χ0n) is 13.3. The van der Waals surface area contributed by atoms with Gasteiger partial charge < -0.3 is 4.74 Å². The molecule has 1 fully saturated rings. The van der Waals surface area contributed by atoms with Gasteiger partial charge in [0.05, 0.1) is 16.9 Å². The smallest absolute Gasteiger partial charge is 0.311 e. The van der Waals surface area contributed by atoms with Gasteiger partial charge in [0.15, 0.2) is 0 Å². The van der Waals surface area contributed by atoms with E-state index in [1.54, 1.807) is 24.3 Å². The average molecular weight is 345 g/mol. The van der Waals surface area contributed by atoms with Crippen molar-refractivity contribution in [1.29, 1.82) is 0 Å². The summed E-state index contributed by atoms with van der Waals surface area (Å²) in [5.74, 6) is -0.886. The van der Waals surface area contributed by atoms with Crippen molar-refractivity contribution in [2.75, 3.05) is 6.61 Å². The van der Waals surface area contributed by atoms with Gasteiger partial charge >= 0.3 is 5.97 Å². The standard InChI is InChI=1S/C18H19NO4S/c1-13-7-9-15(10-8-13)24(21,22)19-17-12-23-18(20)16(17)11-14-5-3-2-4-6-14/h2-10,16-17,19H,11-12H2,1H3/t16-,17+/m0/s1. The molecule has 0 aliphatic carbocycles. The van der Waals surface area contributed by atoms with E-state index in [9.17, 15) is 13.2 Å². The first-order chi connectivity index (χ1) is 11.5. The van der Waals surface area contributed by atoms with E-state index in [0.717, 1.165) is 11.1 Å². The van der Waals surface area contributed by atoms with Gasteiger partial charge in [-0.15, -0.1) is 0 Å². The van der Waals surface area contributed by atoms with Crippen LogP contribution in [0.2, 0.25) is 0 Å². The topological polar surface area (TPSA) is 72.5 Å². The van der Waals surface area contributed by atoms with Gasteiger partial charge in [0.2, 0.25) is 10.0 Å². The van der Waals surface area contributed by atoms with Crippen molar-refractivity contribution in [3.8, 4) is 0 Å². The molecule has 1 aliphatic heterocycles. The second-order valence-electron chi connectivity index (χ2n) is 5.97. The molecule has 0 radical (unpaired) electrons. The monoisotopic (exact) mass is 345 g/mol. The van der Waals surface area contributed by atoms with E-state index in [2.05, 4.69) is 4.72 Å². The number of carbonyl (C=O) groups is 1. The number of carbonyl (C=O) groups excluding carboxylic acids is 1. The molecule has 24 heavy (non-hydrogen) atoms. The Morgan fingerprint density at radius 1 is 1.08 bits per heavy atom. The Morgan fingerprint density at radius 3 is 2.42 bits per heavy atom. The van der Waals surface area contributed by atoms with Crippen LogP contribution in [0.15, 0.2) is 59.5 Å². The van der Waals surface area contributed by atoms with Gasteiger partial charge in [-0.1, -0.05) is 48.0 Å². The Labute approximate surface area is 141 Å². The molecule has 2 atom stereocenters. The number of rotatable bonds is 5. The second kappa shape index (κ2) is 6.75. The fourth-order valence-corrected chi connectivity index (χ4v) is 4.02. The van der Waals surface area contributed by atoms with E-state index in [1.807, 2.05) is 37.3 Å². The maximum atomic E-state index is 12.5. The predicted octanol–water partition coefficient (Wildman–Crippen LogP) is 2.06. The molecular weight excluding hydrogens is 326 g/mol. The van der Waals surface area contributed by atoms with E-state index in [1.165, 1.54) is 0 Å². The molecule has 0 unspecified atom stereocenters. The molecule has 0 saturated carbocycles. The number of esters is 1. The van der Waals surface area contributed by atoms with Crippen LogP contribution in [0.1, 0.15) is 11.1 Å². The van der Waals surface area contributed by atoms with Crippen LogP contribution < -0.4 is 4.72 Å². The molecule has 2 aromatic rings. The number of cyclic esters (lactones) is 1. The third kappa shape index (κ3) is 3.66. The van der Waals surface area contributed by atoms with Gasteiger partial charge in [-0.05, 0) is 31.0 Å². The fourth-order valence-electron chi connectivity index (χ4n) is 2.75. The highest BCUT2D eigenvalue weighted by Crippen LogP contribution is 2.22. The van der Waals surface area contributed by atoms with E-state index in [-0.39, 0.29) is 17.5 Å². The van der Waals surface area contributed by atoms with Crippen molar-refractivity contribution in [1.82, 2.24) is 4.72 Å². The highest BCUT2D eigenvalue weighted by molar-refractivity contribution is 7.89. The van der Waals surface area contributed by atoms with Gasteiger partial charge in [0, 0.05) is 0 Å². The summed E-state index contributed by atoms with van der Waals surface area (Å²) in [5, 5.41) is 0. The first-order valence-corrected chi connectivity index (χ1v) is 9.23. The van der Waals surface area contributed by atoms with Crippen molar-refractivity contribution >= 4 is 16.0 Å². The zero-order valence-corrected chi connectivity index (χ0v) is 14.1. The number of benzene rings is 2. The van der Waals surface area contributed by atoms with Gasteiger partial charge in [0.25, 0.3) is 0 Å². The fraction of sp³-hybridized carbons (Fsp3) is 0.278. The van der Waals surface area contributed by atoms with E-state index < -0.39 is 22.0 Å². The molecule has 3 rings (SSSR count). The van der Waals surface area contributed by atoms with Gasteiger partial charge in [0.1, 0.15) is 6.61 Å². The van der Waals surface area contributed by atoms with Crippen LogP contribution >= 0.6 is 0 Å². The molecule has 2 aromatic carbocycles. The first kappa shape index (κ1) is 16.7. The van der Waals surface area contributed by atoms with Gasteiger partial charge in [-0.2, -0.15) is 0 Å². The normalized spacial score (nSPS) is 20.8. The number of ether oxygens (including phenoxy) is 1. The Morgan fingerprint density at radius 2 is 1.75 bits per heavy atom. The molecule has 1 aliphatic rings. The van der Waals surface area contributed by atoms with E-state index in [4.69, 9.17) is 4.74 Å². The van der Waals surface area contributed by atoms with E-state index >= 15 is 0 Å². The predicted molar refractivity (Wildman–Crippen MR) is 89.9 cm³/mol. The minimum atomic E-state index is -3.69. The molecule has 1 N–H and O–H groups in total. The molecule has 0 bridgehead atoms. The Hall–Kier alpha value is -2.18.